The Kier molecular flexibility index (Phi) is 52.4. The van der Waals surface area contributed by atoms with Crippen LogP contribution in [0.1, 0.15) is 265 Å². The molecule has 0 N–H and O–H groups in total. The molecule has 1 atom stereocenters. The monoisotopic (exact) mass is 933 g/mol. The summed E-state index contributed by atoms with van der Waals surface area (Å²) in [5, 5.41) is 0. The Morgan fingerprint density at radius 3 is 0.836 bits per heavy atom. The molecule has 0 aliphatic heterocycles. The first kappa shape index (κ1) is 63.6. The average molecular weight is 933 g/mol. The van der Waals surface area contributed by atoms with Crippen molar-refractivity contribution < 1.29 is 28.6 Å². The zero-order valence-corrected chi connectivity index (χ0v) is 43.9. The van der Waals surface area contributed by atoms with Crippen molar-refractivity contribution in [3.8, 4) is 0 Å². The molecule has 0 aliphatic rings. The van der Waals surface area contributed by atoms with Gasteiger partial charge in [0.05, 0.1) is 0 Å². The summed E-state index contributed by atoms with van der Waals surface area (Å²) in [6, 6.07) is 0. The average Bonchev–Trinajstić information content (AvgIpc) is 3.33. The van der Waals surface area contributed by atoms with E-state index in [1.807, 2.05) is 0 Å². The van der Waals surface area contributed by atoms with Gasteiger partial charge in [0.2, 0.25) is 0 Å². The van der Waals surface area contributed by atoms with Gasteiger partial charge in [-0.3, -0.25) is 14.4 Å². The summed E-state index contributed by atoms with van der Waals surface area (Å²) >= 11 is 0. The Morgan fingerprint density at radius 2 is 0.537 bits per heavy atom. The standard InChI is InChI=1S/C61H104O6/c1-4-7-10-13-16-19-22-25-28-30-33-36-39-42-45-48-51-54-60(63)66-57-58(56-65-59(62)53-50-47-44-41-38-35-32-27-24-21-18-15-12-9-6-3)67-61(64)55-52-49-46-43-40-37-34-31-29-26-23-20-17-14-11-8-5-2/h16-21,25-29,32,34,37,58H,4-15,22-24,30-31,33,35-36,38-57H2,1-3H3/b19-16-,20-17-,21-18-,28-25-,29-26-,32-27-,37-34-/t58-/m0/s1. The van der Waals surface area contributed by atoms with E-state index >= 15 is 0 Å². The summed E-state index contributed by atoms with van der Waals surface area (Å²) in [6.07, 6.45) is 71.3. The Morgan fingerprint density at radius 1 is 0.299 bits per heavy atom. The lowest BCUT2D eigenvalue weighted by Crippen LogP contribution is -2.30. The molecule has 0 spiro atoms. The third-order valence-electron chi connectivity index (χ3n) is 11.8. The van der Waals surface area contributed by atoms with Crippen molar-refractivity contribution in [2.24, 2.45) is 0 Å². The normalized spacial score (nSPS) is 12.7. The van der Waals surface area contributed by atoms with Crippen molar-refractivity contribution >= 4 is 17.9 Å². The van der Waals surface area contributed by atoms with Gasteiger partial charge in [-0.15, -0.1) is 0 Å². The van der Waals surface area contributed by atoms with Crippen LogP contribution < -0.4 is 0 Å². The van der Waals surface area contributed by atoms with Gasteiger partial charge < -0.3 is 14.2 Å². The van der Waals surface area contributed by atoms with Crippen molar-refractivity contribution in [1.29, 1.82) is 0 Å². The second kappa shape index (κ2) is 55.2. The van der Waals surface area contributed by atoms with Gasteiger partial charge in [0.1, 0.15) is 13.2 Å². The number of unbranched alkanes of at least 4 members (excludes halogenated alkanes) is 25. The van der Waals surface area contributed by atoms with Crippen molar-refractivity contribution in [3.05, 3.63) is 85.1 Å². The summed E-state index contributed by atoms with van der Waals surface area (Å²) < 4.78 is 16.8. The van der Waals surface area contributed by atoms with Gasteiger partial charge >= 0.3 is 17.9 Å². The molecule has 6 heteroatoms. The van der Waals surface area contributed by atoms with Gasteiger partial charge in [0, 0.05) is 19.3 Å². The third kappa shape index (κ3) is 53.4. The molecule has 384 valence electrons. The van der Waals surface area contributed by atoms with Crippen molar-refractivity contribution in [1.82, 2.24) is 0 Å². The van der Waals surface area contributed by atoms with Crippen LogP contribution in [0.25, 0.3) is 0 Å². The Labute approximate surface area is 414 Å². The number of hydrogen-bond donors (Lipinski definition) is 0. The van der Waals surface area contributed by atoms with Crippen LogP contribution in [0.4, 0.5) is 0 Å². The summed E-state index contributed by atoms with van der Waals surface area (Å²) in [4.78, 5) is 38.1. The molecule has 0 bridgehead atoms. The number of esters is 3. The molecule has 0 fully saturated rings. The molecule has 0 rings (SSSR count). The maximum absolute atomic E-state index is 12.8. The van der Waals surface area contributed by atoms with Crippen molar-refractivity contribution in [2.45, 2.75) is 271 Å². The Bertz CT molecular complexity index is 1300. The van der Waals surface area contributed by atoms with Gasteiger partial charge in [0.15, 0.2) is 6.10 Å². The molecule has 0 radical (unpaired) electrons. The molecule has 6 nitrogen and oxygen atoms in total. The molecular weight excluding hydrogens is 829 g/mol. The number of carbonyl (C=O) groups is 3. The second-order valence-corrected chi connectivity index (χ2v) is 18.5. The van der Waals surface area contributed by atoms with Crippen molar-refractivity contribution in [2.75, 3.05) is 13.2 Å². The van der Waals surface area contributed by atoms with Crippen LogP contribution in [-0.4, -0.2) is 37.2 Å². The predicted octanol–water partition coefficient (Wildman–Crippen LogP) is 18.8. The van der Waals surface area contributed by atoms with Crippen LogP contribution in [0.2, 0.25) is 0 Å². The van der Waals surface area contributed by atoms with Gasteiger partial charge in [-0.2, -0.15) is 0 Å². The van der Waals surface area contributed by atoms with Gasteiger partial charge in [-0.25, -0.2) is 0 Å². The minimum Gasteiger partial charge on any atom is -0.462 e. The molecule has 0 aromatic carbocycles. The summed E-state index contributed by atoms with van der Waals surface area (Å²) in [7, 11) is 0. The number of carbonyl (C=O) groups excluding carboxylic acids is 3. The minimum atomic E-state index is -0.798. The van der Waals surface area contributed by atoms with E-state index in [0.717, 1.165) is 122 Å². The van der Waals surface area contributed by atoms with Crippen molar-refractivity contribution in [3.63, 3.8) is 0 Å². The van der Waals surface area contributed by atoms with Crippen LogP contribution in [0, 0.1) is 0 Å². The largest absolute Gasteiger partial charge is 0.462 e. The Balaban J connectivity index is 4.47. The maximum atomic E-state index is 12.8. The lowest BCUT2D eigenvalue weighted by molar-refractivity contribution is -0.167. The highest BCUT2D eigenvalue weighted by Gasteiger charge is 2.19. The number of allylic oxidation sites excluding steroid dienone is 14. The van der Waals surface area contributed by atoms with E-state index in [-0.39, 0.29) is 31.1 Å². The maximum Gasteiger partial charge on any atom is 0.306 e. The smallest absolute Gasteiger partial charge is 0.306 e. The third-order valence-corrected chi connectivity index (χ3v) is 11.8. The fourth-order valence-electron chi connectivity index (χ4n) is 7.57. The summed E-state index contributed by atoms with van der Waals surface area (Å²) in [6.45, 7) is 6.53. The lowest BCUT2D eigenvalue weighted by Gasteiger charge is -2.18. The van der Waals surface area contributed by atoms with Crippen LogP contribution in [0.15, 0.2) is 85.1 Å². The number of hydrogen-bond acceptors (Lipinski definition) is 6. The van der Waals surface area contributed by atoms with Crippen LogP contribution in [-0.2, 0) is 28.6 Å². The van der Waals surface area contributed by atoms with E-state index in [1.54, 1.807) is 0 Å². The topological polar surface area (TPSA) is 78.9 Å². The summed E-state index contributed by atoms with van der Waals surface area (Å²) in [5.41, 5.74) is 0. The highest BCUT2D eigenvalue weighted by Crippen LogP contribution is 2.14. The molecule has 0 saturated carbocycles. The molecule has 0 amide bonds. The lowest BCUT2D eigenvalue weighted by atomic mass is 10.1. The number of rotatable bonds is 50. The zero-order chi connectivity index (χ0) is 48.6. The molecule has 0 saturated heterocycles. The van der Waals surface area contributed by atoms with E-state index in [9.17, 15) is 14.4 Å². The van der Waals surface area contributed by atoms with E-state index < -0.39 is 6.10 Å². The highest BCUT2D eigenvalue weighted by atomic mass is 16.6. The van der Waals surface area contributed by atoms with Crippen LogP contribution in [0.5, 0.6) is 0 Å². The Hall–Kier alpha value is -3.41. The van der Waals surface area contributed by atoms with Gasteiger partial charge in [-0.1, -0.05) is 209 Å². The second-order valence-electron chi connectivity index (χ2n) is 18.5. The predicted molar refractivity (Wildman–Crippen MR) is 288 cm³/mol. The first-order chi connectivity index (χ1) is 33.0. The molecule has 0 aliphatic carbocycles. The van der Waals surface area contributed by atoms with Crippen LogP contribution >= 0.6 is 0 Å². The molecular formula is C61H104O6. The first-order valence-electron chi connectivity index (χ1n) is 28.1. The fourth-order valence-corrected chi connectivity index (χ4v) is 7.57. The molecule has 0 aromatic heterocycles. The molecule has 0 unspecified atom stereocenters. The SMILES string of the molecule is CCCCC/C=C\C/C=C\C/C=C\CCCCCCC(=O)O[C@@H](COC(=O)CCCCCCC/C=C\C/C=C\CCCCC)COC(=O)CCCCCCCCC/C=C\C/C=C\CCCCC. The van der Waals surface area contributed by atoms with E-state index in [4.69, 9.17) is 14.2 Å². The van der Waals surface area contributed by atoms with E-state index in [1.165, 1.54) is 103 Å². The summed E-state index contributed by atoms with van der Waals surface area (Å²) in [5.74, 6) is -0.934. The fraction of sp³-hybridized carbons (Fsp3) is 0.721. The van der Waals surface area contributed by atoms with E-state index in [2.05, 4.69) is 106 Å². The molecule has 67 heavy (non-hydrogen) atoms. The van der Waals surface area contributed by atoms with Crippen LogP contribution in [0.3, 0.4) is 0 Å². The minimum absolute atomic E-state index is 0.0947. The molecule has 0 heterocycles. The first-order valence-corrected chi connectivity index (χ1v) is 28.1. The zero-order valence-electron chi connectivity index (χ0n) is 43.9. The quantitative estimate of drug-likeness (QED) is 0.0262. The van der Waals surface area contributed by atoms with Gasteiger partial charge in [-0.05, 0) is 122 Å². The van der Waals surface area contributed by atoms with Gasteiger partial charge in [0.25, 0.3) is 0 Å². The number of ether oxygens (including phenoxy) is 3. The molecule has 0 aromatic rings. The highest BCUT2D eigenvalue weighted by molar-refractivity contribution is 5.71. The van der Waals surface area contributed by atoms with E-state index in [0.29, 0.717) is 19.3 Å².